The van der Waals surface area contributed by atoms with Crippen LogP contribution >= 0.6 is 11.6 Å². The molecule has 9 heteroatoms. The van der Waals surface area contributed by atoms with Gasteiger partial charge in [-0.15, -0.1) is 0 Å². The van der Waals surface area contributed by atoms with E-state index in [1.165, 1.54) is 30.3 Å². The number of nitrogen functional groups attached to an aromatic ring is 1. The molecule has 5 nitrogen and oxygen atoms in total. The van der Waals surface area contributed by atoms with Gasteiger partial charge in [0.2, 0.25) is 0 Å². The minimum atomic E-state index is -4.67. The SMILES string of the molecule is Nc1ccc(NC(=O)C(=O)Nc2ccccc2C(F)(F)F)c(Cl)c1. The molecule has 0 saturated carbocycles. The van der Waals surface area contributed by atoms with Gasteiger partial charge < -0.3 is 16.4 Å². The number of benzene rings is 2. The molecule has 0 aliphatic rings. The van der Waals surface area contributed by atoms with E-state index in [-0.39, 0.29) is 10.7 Å². The summed E-state index contributed by atoms with van der Waals surface area (Å²) in [4.78, 5) is 23.6. The molecule has 4 N–H and O–H groups in total. The zero-order valence-corrected chi connectivity index (χ0v) is 12.7. The molecule has 2 amide bonds. The van der Waals surface area contributed by atoms with Crippen LogP contribution in [-0.4, -0.2) is 11.8 Å². The van der Waals surface area contributed by atoms with Crippen LogP contribution in [0, 0.1) is 0 Å². The highest BCUT2D eigenvalue weighted by atomic mass is 35.5. The van der Waals surface area contributed by atoms with Crippen molar-refractivity contribution in [3.05, 3.63) is 53.1 Å². The molecule has 2 rings (SSSR count). The van der Waals surface area contributed by atoms with Crippen molar-refractivity contribution in [1.29, 1.82) is 0 Å². The van der Waals surface area contributed by atoms with Crippen LogP contribution in [0.1, 0.15) is 5.56 Å². The standard InChI is InChI=1S/C15H11ClF3N3O2/c16-10-7-8(20)5-6-12(10)22-14(24)13(23)21-11-4-2-1-3-9(11)15(17,18)19/h1-7H,20H2,(H,21,23)(H,22,24). The van der Waals surface area contributed by atoms with Crippen molar-refractivity contribution in [1.82, 2.24) is 0 Å². The van der Waals surface area contributed by atoms with Gasteiger partial charge in [0.25, 0.3) is 0 Å². The Labute approximate surface area is 139 Å². The average Bonchev–Trinajstić information content (AvgIpc) is 2.49. The van der Waals surface area contributed by atoms with E-state index in [1.54, 1.807) is 0 Å². The van der Waals surface area contributed by atoms with Gasteiger partial charge in [0.15, 0.2) is 0 Å². The van der Waals surface area contributed by atoms with Gasteiger partial charge in [-0.25, -0.2) is 0 Å². The fraction of sp³-hybridized carbons (Fsp3) is 0.0667. The Balaban J connectivity index is 2.14. The maximum Gasteiger partial charge on any atom is 0.418 e. The van der Waals surface area contributed by atoms with Crippen LogP contribution in [0.5, 0.6) is 0 Å². The van der Waals surface area contributed by atoms with Crippen LogP contribution in [0.15, 0.2) is 42.5 Å². The second-order valence-electron chi connectivity index (χ2n) is 4.69. The first kappa shape index (κ1) is 17.6. The Kier molecular flexibility index (Phi) is 4.99. The van der Waals surface area contributed by atoms with Crippen LogP contribution < -0.4 is 16.4 Å². The summed E-state index contributed by atoms with van der Waals surface area (Å²) >= 11 is 5.85. The number of amides is 2. The Morgan fingerprint density at radius 3 is 2.12 bits per heavy atom. The number of nitrogens with one attached hydrogen (secondary N) is 2. The molecule has 24 heavy (non-hydrogen) atoms. The summed E-state index contributed by atoms with van der Waals surface area (Å²) in [6, 6.07) is 8.49. The molecule has 2 aromatic carbocycles. The number of nitrogens with two attached hydrogens (primary N) is 1. The van der Waals surface area contributed by atoms with E-state index in [0.717, 1.165) is 12.1 Å². The van der Waals surface area contributed by atoms with Crippen molar-refractivity contribution >= 4 is 40.5 Å². The smallest absolute Gasteiger partial charge is 0.399 e. The van der Waals surface area contributed by atoms with Crippen LogP contribution in [0.3, 0.4) is 0 Å². The number of rotatable bonds is 2. The van der Waals surface area contributed by atoms with Gasteiger partial charge in [0, 0.05) is 5.69 Å². The molecule has 0 atom stereocenters. The molecule has 0 fully saturated rings. The fourth-order valence-electron chi connectivity index (χ4n) is 1.83. The van der Waals surface area contributed by atoms with Gasteiger partial charge in [-0.1, -0.05) is 23.7 Å². The van der Waals surface area contributed by atoms with E-state index in [9.17, 15) is 22.8 Å². The summed E-state index contributed by atoms with van der Waals surface area (Å²) in [6.07, 6.45) is -4.67. The monoisotopic (exact) mass is 357 g/mol. The zero-order chi connectivity index (χ0) is 17.9. The van der Waals surface area contributed by atoms with Gasteiger partial charge in [0.05, 0.1) is 22.0 Å². The first-order valence-electron chi connectivity index (χ1n) is 6.52. The third-order valence-corrected chi connectivity index (χ3v) is 3.24. The lowest BCUT2D eigenvalue weighted by Gasteiger charge is -2.13. The molecule has 0 unspecified atom stereocenters. The normalized spacial score (nSPS) is 11.0. The summed E-state index contributed by atoms with van der Waals surface area (Å²) in [5, 5.41) is 4.21. The maximum atomic E-state index is 12.9. The number of carbonyl (C=O) groups is 2. The number of hydrogen-bond donors (Lipinski definition) is 3. The summed E-state index contributed by atoms with van der Waals surface area (Å²) < 4.78 is 38.6. The molecule has 0 saturated heterocycles. The predicted molar refractivity (Wildman–Crippen MR) is 84.6 cm³/mol. The number of para-hydroxylation sites is 1. The van der Waals surface area contributed by atoms with E-state index in [1.807, 2.05) is 5.32 Å². The Bertz CT molecular complexity index is 794. The molecule has 0 spiro atoms. The molecule has 2 aromatic rings. The lowest BCUT2D eigenvalue weighted by atomic mass is 10.1. The zero-order valence-electron chi connectivity index (χ0n) is 11.9. The van der Waals surface area contributed by atoms with Gasteiger partial charge in [-0.05, 0) is 30.3 Å². The van der Waals surface area contributed by atoms with E-state index in [4.69, 9.17) is 17.3 Å². The minimum absolute atomic E-state index is 0.0897. The van der Waals surface area contributed by atoms with Crippen molar-refractivity contribution in [2.75, 3.05) is 16.4 Å². The maximum absolute atomic E-state index is 12.9. The van der Waals surface area contributed by atoms with E-state index < -0.39 is 29.2 Å². The van der Waals surface area contributed by atoms with Crippen LogP contribution in [-0.2, 0) is 15.8 Å². The largest absolute Gasteiger partial charge is 0.418 e. The minimum Gasteiger partial charge on any atom is -0.399 e. The van der Waals surface area contributed by atoms with E-state index in [2.05, 4.69) is 5.32 Å². The lowest BCUT2D eigenvalue weighted by molar-refractivity contribution is -0.137. The van der Waals surface area contributed by atoms with E-state index in [0.29, 0.717) is 5.69 Å². The molecule has 0 aliphatic carbocycles. The highest BCUT2D eigenvalue weighted by molar-refractivity contribution is 6.45. The number of alkyl halides is 3. The summed E-state index contributed by atoms with van der Waals surface area (Å²) in [7, 11) is 0. The van der Waals surface area contributed by atoms with Gasteiger partial charge >= 0.3 is 18.0 Å². The second kappa shape index (κ2) is 6.79. The number of anilines is 3. The van der Waals surface area contributed by atoms with Crippen molar-refractivity contribution in [2.45, 2.75) is 6.18 Å². The first-order chi connectivity index (χ1) is 11.2. The Morgan fingerprint density at radius 1 is 0.958 bits per heavy atom. The number of hydrogen-bond acceptors (Lipinski definition) is 3. The lowest BCUT2D eigenvalue weighted by Crippen LogP contribution is -2.30. The van der Waals surface area contributed by atoms with Crippen molar-refractivity contribution in [3.8, 4) is 0 Å². The topological polar surface area (TPSA) is 84.2 Å². The Morgan fingerprint density at radius 2 is 1.54 bits per heavy atom. The first-order valence-corrected chi connectivity index (χ1v) is 6.90. The third kappa shape index (κ3) is 4.17. The summed E-state index contributed by atoms with van der Waals surface area (Å²) in [5.41, 5.74) is 4.37. The quantitative estimate of drug-likeness (QED) is 0.568. The van der Waals surface area contributed by atoms with Gasteiger partial charge in [0.1, 0.15) is 0 Å². The van der Waals surface area contributed by atoms with Crippen LogP contribution in [0.4, 0.5) is 30.2 Å². The molecule has 0 bridgehead atoms. The number of halogens is 4. The third-order valence-electron chi connectivity index (χ3n) is 2.93. The average molecular weight is 358 g/mol. The van der Waals surface area contributed by atoms with Crippen molar-refractivity contribution in [3.63, 3.8) is 0 Å². The molecular weight excluding hydrogens is 347 g/mol. The number of carbonyl (C=O) groups excluding carboxylic acids is 2. The summed E-state index contributed by atoms with van der Waals surface area (Å²) in [5.74, 6) is -2.43. The van der Waals surface area contributed by atoms with Crippen molar-refractivity contribution < 1.29 is 22.8 Å². The van der Waals surface area contributed by atoms with Crippen molar-refractivity contribution in [2.24, 2.45) is 0 Å². The Hall–Kier alpha value is -2.74. The van der Waals surface area contributed by atoms with Crippen LogP contribution in [0.2, 0.25) is 5.02 Å². The van der Waals surface area contributed by atoms with Crippen LogP contribution in [0.25, 0.3) is 0 Å². The predicted octanol–water partition coefficient (Wildman–Crippen LogP) is 3.52. The van der Waals surface area contributed by atoms with Gasteiger partial charge in [-0.3, -0.25) is 9.59 Å². The molecule has 0 aliphatic heterocycles. The molecule has 0 aromatic heterocycles. The molecule has 0 radical (unpaired) electrons. The molecule has 126 valence electrons. The van der Waals surface area contributed by atoms with E-state index >= 15 is 0 Å². The van der Waals surface area contributed by atoms with Gasteiger partial charge in [-0.2, -0.15) is 13.2 Å². The highest BCUT2D eigenvalue weighted by Crippen LogP contribution is 2.34. The highest BCUT2D eigenvalue weighted by Gasteiger charge is 2.34. The second-order valence-corrected chi connectivity index (χ2v) is 5.10. The molecule has 0 heterocycles. The summed E-state index contributed by atoms with van der Waals surface area (Å²) in [6.45, 7) is 0. The molecular formula is C15H11ClF3N3O2. The fourth-order valence-corrected chi connectivity index (χ4v) is 2.07.